The Morgan fingerprint density at radius 1 is 1.33 bits per heavy atom. The number of rotatable bonds is 4. The predicted octanol–water partition coefficient (Wildman–Crippen LogP) is 3.27. The van der Waals surface area contributed by atoms with Crippen LogP contribution in [0.5, 0.6) is 0 Å². The van der Waals surface area contributed by atoms with Crippen LogP contribution in [0.25, 0.3) is 0 Å². The fourth-order valence-corrected chi connectivity index (χ4v) is 2.00. The lowest BCUT2D eigenvalue weighted by Gasteiger charge is -2.20. The van der Waals surface area contributed by atoms with Crippen LogP contribution in [-0.2, 0) is 0 Å². The maximum atomic E-state index is 13.0. The Morgan fingerprint density at radius 3 is 2.67 bits per heavy atom. The summed E-state index contributed by atoms with van der Waals surface area (Å²) in [6.07, 6.45) is 2.67. The summed E-state index contributed by atoms with van der Waals surface area (Å²) in [4.78, 5) is 0. The van der Waals surface area contributed by atoms with Gasteiger partial charge >= 0.3 is 0 Å². The fraction of sp³-hybridized carbons (Fsp3) is 0.538. The molecular formula is C13H18FN. The molecule has 1 N–H and O–H groups in total. The highest BCUT2D eigenvalue weighted by molar-refractivity contribution is 5.19. The molecule has 2 heteroatoms. The van der Waals surface area contributed by atoms with E-state index in [1.54, 1.807) is 12.1 Å². The molecule has 0 spiro atoms. The molecule has 2 rings (SSSR count). The summed E-state index contributed by atoms with van der Waals surface area (Å²) in [5, 5.41) is 3.52. The van der Waals surface area contributed by atoms with Crippen molar-refractivity contribution in [3.8, 4) is 0 Å². The third kappa shape index (κ3) is 2.78. The van der Waals surface area contributed by atoms with Crippen molar-refractivity contribution in [2.45, 2.75) is 38.8 Å². The van der Waals surface area contributed by atoms with Crippen LogP contribution in [-0.4, -0.2) is 6.04 Å². The van der Waals surface area contributed by atoms with Crippen LogP contribution in [0.15, 0.2) is 24.3 Å². The Hall–Kier alpha value is -0.890. The average Bonchev–Trinajstić information content (AvgIpc) is 3.00. The first-order valence-corrected chi connectivity index (χ1v) is 5.68. The minimum absolute atomic E-state index is 0.153. The van der Waals surface area contributed by atoms with Crippen molar-refractivity contribution in [3.63, 3.8) is 0 Å². The van der Waals surface area contributed by atoms with E-state index >= 15 is 0 Å². The summed E-state index contributed by atoms with van der Waals surface area (Å²) in [5.74, 6) is 0.682. The number of halogens is 1. The Labute approximate surface area is 90.7 Å². The molecule has 1 aliphatic carbocycles. The summed E-state index contributed by atoms with van der Waals surface area (Å²) >= 11 is 0. The van der Waals surface area contributed by atoms with Crippen molar-refractivity contribution in [2.24, 2.45) is 5.92 Å². The minimum Gasteiger partial charge on any atom is -0.307 e. The number of hydrogen-bond acceptors (Lipinski definition) is 1. The molecule has 1 aliphatic rings. The average molecular weight is 207 g/mol. The monoisotopic (exact) mass is 207 g/mol. The molecule has 82 valence electrons. The lowest BCUT2D eigenvalue weighted by molar-refractivity contribution is 0.440. The molecule has 0 aliphatic heterocycles. The van der Waals surface area contributed by atoms with E-state index in [0.717, 1.165) is 11.5 Å². The van der Waals surface area contributed by atoms with Gasteiger partial charge in [0.05, 0.1) is 0 Å². The van der Waals surface area contributed by atoms with E-state index in [4.69, 9.17) is 0 Å². The molecule has 1 nitrogen and oxygen atoms in total. The maximum Gasteiger partial charge on any atom is 0.123 e. The van der Waals surface area contributed by atoms with Crippen LogP contribution in [0.4, 0.5) is 4.39 Å². The lowest BCUT2D eigenvalue weighted by atomic mass is 10.1. The lowest BCUT2D eigenvalue weighted by Crippen LogP contribution is -2.30. The topological polar surface area (TPSA) is 12.0 Å². The zero-order valence-corrected chi connectivity index (χ0v) is 9.33. The van der Waals surface area contributed by atoms with Crippen LogP contribution < -0.4 is 5.32 Å². The number of nitrogens with one attached hydrogen (secondary N) is 1. The van der Waals surface area contributed by atoms with Gasteiger partial charge in [-0.1, -0.05) is 12.1 Å². The molecular weight excluding hydrogens is 189 g/mol. The Bertz CT molecular complexity index is 333. The number of hydrogen-bond donors (Lipinski definition) is 1. The van der Waals surface area contributed by atoms with Gasteiger partial charge in [0.25, 0.3) is 0 Å². The van der Waals surface area contributed by atoms with Gasteiger partial charge in [-0.25, -0.2) is 4.39 Å². The molecule has 1 fully saturated rings. The van der Waals surface area contributed by atoms with Crippen molar-refractivity contribution in [2.75, 3.05) is 0 Å². The highest BCUT2D eigenvalue weighted by Crippen LogP contribution is 2.33. The van der Waals surface area contributed by atoms with E-state index < -0.39 is 0 Å². The summed E-state index contributed by atoms with van der Waals surface area (Å²) in [5.41, 5.74) is 1.03. The van der Waals surface area contributed by atoms with E-state index in [2.05, 4.69) is 19.2 Å². The Balaban J connectivity index is 1.97. The Morgan fingerprint density at radius 2 is 2.07 bits per heavy atom. The molecule has 1 aromatic rings. The minimum atomic E-state index is -0.153. The maximum absolute atomic E-state index is 13.0. The van der Waals surface area contributed by atoms with E-state index in [1.807, 2.05) is 6.07 Å². The first-order chi connectivity index (χ1) is 7.16. The van der Waals surface area contributed by atoms with Crippen molar-refractivity contribution in [1.29, 1.82) is 0 Å². The summed E-state index contributed by atoms with van der Waals surface area (Å²) in [6, 6.07) is 7.61. The van der Waals surface area contributed by atoms with Gasteiger partial charge < -0.3 is 5.32 Å². The predicted molar refractivity (Wildman–Crippen MR) is 60.1 cm³/mol. The fourth-order valence-electron chi connectivity index (χ4n) is 2.00. The molecule has 15 heavy (non-hydrogen) atoms. The van der Waals surface area contributed by atoms with Gasteiger partial charge in [0.1, 0.15) is 5.82 Å². The smallest absolute Gasteiger partial charge is 0.123 e. The second-order valence-corrected chi connectivity index (χ2v) is 4.57. The van der Waals surface area contributed by atoms with E-state index in [0.29, 0.717) is 6.04 Å². The Kier molecular flexibility index (Phi) is 3.06. The van der Waals surface area contributed by atoms with E-state index in [-0.39, 0.29) is 11.9 Å². The highest BCUT2D eigenvalue weighted by Gasteiger charge is 2.28. The zero-order chi connectivity index (χ0) is 10.8. The van der Waals surface area contributed by atoms with E-state index in [9.17, 15) is 4.39 Å². The summed E-state index contributed by atoms with van der Waals surface area (Å²) in [6.45, 7) is 4.31. The molecule has 1 aromatic carbocycles. The van der Waals surface area contributed by atoms with Gasteiger partial charge in [-0.15, -0.1) is 0 Å². The van der Waals surface area contributed by atoms with Gasteiger partial charge in [0.15, 0.2) is 0 Å². The highest BCUT2D eigenvalue weighted by atomic mass is 19.1. The number of benzene rings is 1. The molecule has 0 amide bonds. The van der Waals surface area contributed by atoms with Gasteiger partial charge in [-0.3, -0.25) is 0 Å². The molecule has 0 aromatic heterocycles. The van der Waals surface area contributed by atoms with Crippen molar-refractivity contribution in [1.82, 2.24) is 5.32 Å². The molecule has 0 heterocycles. The third-order valence-corrected chi connectivity index (χ3v) is 3.19. The quantitative estimate of drug-likeness (QED) is 0.799. The van der Waals surface area contributed by atoms with Crippen LogP contribution in [0.2, 0.25) is 0 Å². The van der Waals surface area contributed by atoms with Crippen molar-refractivity contribution in [3.05, 3.63) is 35.6 Å². The largest absolute Gasteiger partial charge is 0.307 e. The SMILES string of the molecule is CC(NC(C)C1CC1)c1cccc(F)c1. The molecule has 2 unspecified atom stereocenters. The molecule has 0 saturated heterocycles. The zero-order valence-electron chi connectivity index (χ0n) is 9.33. The summed E-state index contributed by atoms with van der Waals surface area (Å²) in [7, 11) is 0. The molecule has 2 atom stereocenters. The van der Waals surface area contributed by atoms with Crippen LogP contribution in [0.1, 0.15) is 38.3 Å². The standard InChI is InChI=1S/C13H18FN/c1-9(11-6-7-11)15-10(2)12-4-3-5-13(14)8-12/h3-5,8-11,15H,6-7H2,1-2H3. The molecule has 0 bridgehead atoms. The second-order valence-electron chi connectivity index (χ2n) is 4.57. The molecule has 0 radical (unpaired) electrons. The first-order valence-electron chi connectivity index (χ1n) is 5.68. The first kappa shape index (κ1) is 10.6. The van der Waals surface area contributed by atoms with Gasteiger partial charge in [-0.05, 0) is 50.3 Å². The third-order valence-electron chi connectivity index (χ3n) is 3.19. The molecule has 1 saturated carbocycles. The van der Waals surface area contributed by atoms with Crippen LogP contribution in [0, 0.1) is 11.7 Å². The van der Waals surface area contributed by atoms with Crippen LogP contribution >= 0.6 is 0 Å². The van der Waals surface area contributed by atoms with E-state index in [1.165, 1.54) is 18.9 Å². The second kappa shape index (κ2) is 4.31. The normalized spacial score (nSPS) is 19.9. The van der Waals surface area contributed by atoms with Crippen molar-refractivity contribution < 1.29 is 4.39 Å². The van der Waals surface area contributed by atoms with Gasteiger partial charge in [-0.2, -0.15) is 0 Å². The van der Waals surface area contributed by atoms with Crippen molar-refractivity contribution >= 4 is 0 Å². The van der Waals surface area contributed by atoms with Crippen LogP contribution in [0.3, 0.4) is 0 Å². The summed E-state index contributed by atoms with van der Waals surface area (Å²) < 4.78 is 13.0. The van der Waals surface area contributed by atoms with Gasteiger partial charge in [0.2, 0.25) is 0 Å². The van der Waals surface area contributed by atoms with Gasteiger partial charge in [0, 0.05) is 12.1 Å².